The molecule has 0 spiro atoms. The largest absolute Gasteiger partial charge is 0.459 e. The Hall–Kier alpha value is -2.77. The second kappa shape index (κ2) is 6.79. The van der Waals surface area contributed by atoms with Crippen molar-refractivity contribution in [3.63, 3.8) is 0 Å². The van der Waals surface area contributed by atoms with Crippen molar-refractivity contribution in [2.45, 2.75) is 6.42 Å². The Labute approximate surface area is 123 Å². The summed E-state index contributed by atoms with van der Waals surface area (Å²) in [6, 6.07) is 4.60. The van der Waals surface area contributed by atoms with E-state index in [1.54, 1.807) is 0 Å². The lowest BCUT2D eigenvalue weighted by molar-refractivity contribution is -0.116. The van der Waals surface area contributed by atoms with Gasteiger partial charge >= 0.3 is 0 Å². The fourth-order valence-electron chi connectivity index (χ4n) is 1.62. The van der Waals surface area contributed by atoms with Crippen LogP contribution in [0.1, 0.15) is 17.0 Å². The van der Waals surface area contributed by atoms with Crippen LogP contribution >= 0.6 is 0 Å². The molecule has 0 aliphatic carbocycles. The molecule has 0 fully saturated rings. The minimum atomic E-state index is -1.66. The van der Waals surface area contributed by atoms with Crippen LogP contribution in [0.3, 0.4) is 0 Å². The van der Waals surface area contributed by atoms with Gasteiger partial charge < -0.3 is 15.1 Å². The van der Waals surface area contributed by atoms with Gasteiger partial charge in [0.25, 0.3) is 5.91 Å². The highest BCUT2D eigenvalue weighted by Gasteiger charge is 2.15. The first-order valence-corrected chi connectivity index (χ1v) is 6.24. The Morgan fingerprint density at radius 2 is 1.86 bits per heavy atom. The van der Waals surface area contributed by atoms with Crippen molar-refractivity contribution in [1.29, 1.82) is 0 Å². The van der Waals surface area contributed by atoms with Gasteiger partial charge in [0.05, 0.1) is 12.0 Å². The molecule has 116 valence electrons. The van der Waals surface area contributed by atoms with Crippen LogP contribution in [0.15, 0.2) is 34.9 Å². The molecule has 8 heteroatoms. The third-order valence-corrected chi connectivity index (χ3v) is 2.69. The summed E-state index contributed by atoms with van der Waals surface area (Å²) in [5.74, 6) is -5.56. The van der Waals surface area contributed by atoms with Crippen LogP contribution in [0.4, 0.5) is 18.9 Å². The number of nitrogens with one attached hydrogen (secondary N) is 2. The van der Waals surface area contributed by atoms with Crippen LogP contribution in [0.25, 0.3) is 0 Å². The summed E-state index contributed by atoms with van der Waals surface area (Å²) >= 11 is 0. The summed E-state index contributed by atoms with van der Waals surface area (Å²) < 4.78 is 43.9. The quantitative estimate of drug-likeness (QED) is 0.833. The minimum Gasteiger partial charge on any atom is -0.459 e. The minimum absolute atomic E-state index is 0.0311. The molecule has 0 unspecified atom stereocenters. The zero-order chi connectivity index (χ0) is 16.1. The van der Waals surface area contributed by atoms with Crippen LogP contribution in [0, 0.1) is 17.5 Å². The zero-order valence-electron chi connectivity index (χ0n) is 11.2. The Kier molecular flexibility index (Phi) is 4.82. The number of furan rings is 1. The number of halogens is 3. The Balaban J connectivity index is 1.84. The van der Waals surface area contributed by atoms with E-state index in [1.165, 1.54) is 18.4 Å². The summed E-state index contributed by atoms with van der Waals surface area (Å²) in [4.78, 5) is 23.1. The normalized spacial score (nSPS) is 10.3. The lowest BCUT2D eigenvalue weighted by Crippen LogP contribution is -2.27. The molecule has 0 atom stereocenters. The zero-order valence-corrected chi connectivity index (χ0v) is 11.2. The predicted molar refractivity (Wildman–Crippen MR) is 70.6 cm³/mol. The van der Waals surface area contributed by atoms with Crippen molar-refractivity contribution in [3.8, 4) is 0 Å². The smallest absolute Gasteiger partial charge is 0.286 e. The summed E-state index contributed by atoms with van der Waals surface area (Å²) in [6.45, 7) is -0.0311. The molecule has 0 aliphatic rings. The lowest BCUT2D eigenvalue weighted by atomic mass is 10.2. The highest BCUT2D eigenvalue weighted by molar-refractivity contribution is 5.93. The van der Waals surface area contributed by atoms with Crippen LogP contribution < -0.4 is 10.6 Å². The summed E-state index contributed by atoms with van der Waals surface area (Å²) in [5, 5.41) is 4.51. The highest BCUT2D eigenvalue weighted by Crippen LogP contribution is 2.19. The van der Waals surface area contributed by atoms with Gasteiger partial charge in [-0.25, -0.2) is 13.2 Å². The topological polar surface area (TPSA) is 71.3 Å². The van der Waals surface area contributed by atoms with Gasteiger partial charge in [0.2, 0.25) is 5.91 Å². The average molecular weight is 312 g/mol. The van der Waals surface area contributed by atoms with Crippen LogP contribution in [0.2, 0.25) is 0 Å². The van der Waals surface area contributed by atoms with E-state index in [9.17, 15) is 22.8 Å². The number of hydrogen-bond donors (Lipinski definition) is 2. The van der Waals surface area contributed by atoms with Gasteiger partial charge in [-0.1, -0.05) is 0 Å². The molecule has 0 aliphatic heterocycles. The fraction of sp³-hybridized carbons (Fsp3) is 0.143. The maximum absolute atomic E-state index is 13.3. The van der Waals surface area contributed by atoms with Crippen molar-refractivity contribution in [3.05, 3.63) is 53.7 Å². The molecular weight excluding hydrogens is 301 g/mol. The van der Waals surface area contributed by atoms with Crippen molar-refractivity contribution in [2.24, 2.45) is 0 Å². The molecule has 2 rings (SSSR count). The Morgan fingerprint density at radius 3 is 2.55 bits per heavy atom. The molecule has 0 saturated carbocycles. The van der Waals surface area contributed by atoms with E-state index in [2.05, 4.69) is 10.6 Å². The summed E-state index contributed by atoms with van der Waals surface area (Å²) in [7, 11) is 0. The van der Waals surface area contributed by atoms with Gasteiger partial charge in [0.15, 0.2) is 23.2 Å². The van der Waals surface area contributed by atoms with E-state index in [4.69, 9.17) is 4.42 Å². The van der Waals surface area contributed by atoms with E-state index in [1.807, 2.05) is 0 Å². The number of carbonyl (C=O) groups excluding carboxylic acids is 2. The monoisotopic (exact) mass is 312 g/mol. The van der Waals surface area contributed by atoms with E-state index in [-0.39, 0.29) is 18.7 Å². The van der Waals surface area contributed by atoms with Crippen LogP contribution in [0.5, 0.6) is 0 Å². The van der Waals surface area contributed by atoms with E-state index in [0.717, 1.165) is 6.07 Å². The van der Waals surface area contributed by atoms with Gasteiger partial charge in [-0.3, -0.25) is 9.59 Å². The van der Waals surface area contributed by atoms with E-state index < -0.39 is 35.0 Å². The SMILES string of the molecule is O=C(CCNC(=O)c1ccco1)Nc1ccc(F)c(F)c1F. The molecule has 2 amide bonds. The number of amides is 2. The first-order chi connectivity index (χ1) is 10.5. The number of anilines is 1. The third-order valence-electron chi connectivity index (χ3n) is 2.69. The molecule has 0 saturated heterocycles. The Bertz CT molecular complexity index is 687. The fourth-order valence-corrected chi connectivity index (χ4v) is 1.62. The van der Waals surface area contributed by atoms with Crippen molar-refractivity contribution >= 4 is 17.5 Å². The molecule has 2 aromatic rings. The predicted octanol–water partition coefficient (Wildman–Crippen LogP) is 2.46. The second-order valence-electron chi connectivity index (χ2n) is 4.25. The number of carbonyl (C=O) groups is 2. The van der Waals surface area contributed by atoms with Crippen LogP contribution in [-0.4, -0.2) is 18.4 Å². The maximum Gasteiger partial charge on any atom is 0.286 e. The maximum atomic E-state index is 13.3. The first kappa shape index (κ1) is 15.6. The van der Waals surface area contributed by atoms with E-state index in [0.29, 0.717) is 6.07 Å². The molecule has 1 heterocycles. The molecule has 22 heavy (non-hydrogen) atoms. The number of benzene rings is 1. The van der Waals surface area contributed by atoms with Gasteiger partial charge in [-0.15, -0.1) is 0 Å². The summed E-state index contributed by atoms with van der Waals surface area (Å²) in [6.07, 6.45) is 1.15. The van der Waals surface area contributed by atoms with Gasteiger partial charge in [-0.05, 0) is 24.3 Å². The van der Waals surface area contributed by atoms with Crippen molar-refractivity contribution in [1.82, 2.24) is 5.32 Å². The lowest BCUT2D eigenvalue weighted by Gasteiger charge is -2.07. The average Bonchev–Trinajstić information content (AvgIpc) is 3.02. The molecule has 5 nitrogen and oxygen atoms in total. The first-order valence-electron chi connectivity index (χ1n) is 6.24. The van der Waals surface area contributed by atoms with E-state index >= 15 is 0 Å². The number of hydrogen-bond acceptors (Lipinski definition) is 3. The van der Waals surface area contributed by atoms with Gasteiger partial charge in [-0.2, -0.15) is 0 Å². The summed E-state index contributed by atoms with van der Waals surface area (Å²) in [5.41, 5.74) is -0.471. The Morgan fingerprint density at radius 1 is 1.09 bits per heavy atom. The molecule has 0 radical (unpaired) electrons. The third kappa shape index (κ3) is 3.66. The molecule has 0 bridgehead atoms. The molecule has 1 aromatic carbocycles. The second-order valence-corrected chi connectivity index (χ2v) is 4.25. The van der Waals surface area contributed by atoms with Gasteiger partial charge in [0.1, 0.15) is 0 Å². The van der Waals surface area contributed by atoms with Crippen molar-refractivity contribution in [2.75, 3.05) is 11.9 Å². The highest BCUT2D eigenvalue weighted by atomic mass is 19.2. The van der Waals surface area contributed by atoms with Gasteiger partial charge in [0, 0.05) is 13.0 Å². The molecule has 2 N–H and O–H groups in total. The van der Waals surface area contributed by atoms with Crippen molar-refractivity contribution < 1.29 is 27.2 Å². The van der Waals surface area contributed by atoms with Crippen LogP contribution in [-0.2, 0) is 4.79 Å². The molecule has 1 aromatic heterocycles. The standard InChI is InChI=1S/C14H11F3N2O3/c15-8-3-4-9(13(17)12(8)16)19-11(20)5-6-18-14(21)10-2-1-7-22-10/h1-4,7H,5-6H2,(H,18,21)(H,19,20). The molecular formula is C14H11F3N2O3. The number of rotatable bonds is 5.